The van der Waals surface area contributed by atoms with Crippen molar-refractivity contribution in [1.29, 1.82) is 0 Å². The second-order valence-corrected chi connectivity index (χ2v) is 9.12. The van der Waals surface area contributed by atoms with Crippen LogP contribution in [0.4, 0.5) is 13.2 Å². The number of ether oxygens (including phenoxy) is 1. The molecular weight excluding hydrogens is 294 g/mol. The Morgan fingerprint density at radius 1 is 1.25 bits per heavy atom. The Labute approximate surface area is 180 Å². The molecule has 16 heavy (non-hydrogen) atoms. The summed E-state index contributed by atoms with van der Waals surface area (Å²) in [5.74, 6) is 0. The van der Waals surface area contributed by atoms with Crippen molar-refractivity contribution in [3.8, 4) is 0 Å². The molecule has 84 valence electrons. The molecule has 0 aromatic heterocycles. The second-order valence-electron chi connectivity index (χ2n) is 3.95. The largest absolute Gasteiger partial charge is 1.00 e. The standard InChI is InChI=1S/C6H12BF3O3Si.2K/c1-14(2,3)6(9,10)5(8)13-4-7(11)12;;/h5H,4H2,1-3H3;;/q-2;2*+1. The fourth-order valence-corrected chi connectivity index (χ4v) is 1.37. The zero-order valence-electron chi connectivity index (χ0n) is 10.2. The summed E-state index contributed by atoms with van der Waals surface area (Å²) in [4.78, 5) is 0. The van der Waals surface area contributed by atoms with E-state index in [4.69, 9.17) is 0 Å². The normalized spacial score (nSPS) is 13.5. The molecule has 0 N–H and O–H groups in total. The molecule has 0 radical (unpaired) electrons. The van der Waals surface area contributed by atoms with Gasteiger partial charge in [-0.3, -0.25) is 0 Å². The molecule has 10 heteroatoms. The van der Waals surface area contributed by atoms with Gasteiger partial charge >= 0.3 is 103 Å². The first kappa shape index (κ1) is 24.3. The number of hydrogen-bond donors (Lipinski definition) is 0. The van der Waals surface area contributed by atoms with Crippen molar-refractivity contribution in [3.63, 3.8) is 0 Å². The van der Waals surface area contributed by atoms with Crippen molar-refractivity contribution >= 4 is 15.2 Å². The summed E-state index contributed by atoms with van der Waals surface area (Å²) in [6.07, 6.45) is -2.86. The van der Waals surface area contributed by atoms with Gasteiger partial charge in [0.2, 0.25) is 0 Å². The number of halogens is 3. The van der Waals surface area contributed by atoms with E-state index < -0.39 is 33.6 Å². The number of hydrogen-bond acceptors (Lipinski definition) is 3. The third kappa shape index (κ3) is 8.41. The number of rotatable bonds is 5. The van der Waals surface area contributed by atoms with Gasteiger partial charge in [-0.1, -0.05) is 26.8 Å². The molecule has 0 spiro atoms. The van der Waals surface area contributed by atoms with Crippen LogP contribution in [0.25, 0.3) is 0 Å². The van der Waals surface area contributed by atoms with Gasteiger partial charge in [0.15, 0.2) is 0 Å². The van der Waals surface area contributed by atoms with E-state index in [0.717, 1.165) is 0 Å². The van der Waals surface area contributed by atoms with Crippen molar-refractivity contribution in [2.24, 2.45) is 0 Å². The molecular formula is C6H12BF3K2O3Si. The smallest absolute Gasteiger partial charge is 0.891 e. The maximum atomic E-state index is 13.1. The molecule has 0 bridgehead atoms. The molecule has 0 aromatic rings. The van der Waals surface area contributed by atoms with Gasteiger partial charge < -0.3 is 14.8 Å². The molecule has 0 aromatic carbocycles. The molecule has 0 aliphatic rings. The average Bonchev–Trinajstić information content (AvgIpc) is 1.97. The van der Waals surface area contributed by atoms with E-state index in [2.05, 4.69) is 4.74 Å². The molecule has 0 fully saturated rings. The van der Waals surface area contributed by atoms with Gasteiger partial charge in [0.1, 0.15) is 8.07 Å². The SMILES string of the molecule is C[Si](C)(C)C(F)(F)C(F)OCB([O-])[O-].[K+].[K+]. The van der Waals surface area contributed by atoms with Crippen LogP contribution < -0.4 is 113 Å². The van der Waals surface area contributed by atoms with Gasteiger partial charge in [-0.15, -0.1) is 0 Å². The van der Waals surface area contributed by atoms with Crippen LogP contribution in [0.1, 0.15) is 0 Å². The fraction of sp³-hybridized carbons (Fsp3) is 1.00. The number of alkyl halides is 3. The molecule has 0 amide bonds. The molecule has 0 aliphatic carbocycles. The third-order valence-corrected chi connectivity index (χ3v) is 3.89. The summed E-state index contributed by atoms with van der Waals surface area (Å²) in [5.41, 5.74) is -3.60. The van der Waals surface area contributed by atoms with Gasteiger partial charge in [0.25, 0.3) is 11.9 Å². The van der Waals surface area contributed by atoms with Crippen LogP contribution >= 0.6 is 0 Å². The van der Waals surface area contributed by atoms with Crippen LogP contribution in [0, 0.1) is 0 Å². The summed E-state index contributed by atoms with van der Waals surface area (Å²) in [5, 5.41) is 19.9. The monoisotopic (exact) mass is 306 g/mol. The van der Waals surface area contributed by atoms with E-state index in [1.54, 1.807) is 0 Å². The van der Waals surface area contributed by atoms with Gasteiger partial charge in [0, 0.05) is 0 Å². The third-order valence-electron chi connectivity index (χ3n) is 1.66. The van der Waals surface area contributed by atoms with Gasteiger partial charge in [0.05, 0.1) is 0 Å². The average molecular weight is 306 g/mol. The van der Waals surface area contributed by atoms with Crippen LogP contribution in [-0.2, 0) is 4.74 Å². The summed E-state index contributed by atoms with van der Waals surface area (Å²) in [6, 6.07) is 0. The molecule has 1 atom stereocenters. The predicted molar refractivity (Wildman–Crippen MR) is 44.9 cm³/mol. The quantitative estimate of drug-likeness (QED) is 0.475. The topological polar surface area (TPSA) is 55.3 Å². The Morgan fingerprint density at radius 2 is 1.62 bits per heavy atom. The summed E-state index contributed by atoms with van der Waals surface area (Å²) in [7, 11) is -5.50. The first-order valence-electron chi connectivity index (χ1n) is 4.04. The van der Waals surface area contributed by atoms with E-state index in [1.165, 1.54) is 19.6 Å². The Bertz CT molecular complexity index is 194. The first-order chi connectivity index (χ1) is 6.09. The van der Waals surface area contributed by atoms with Gasteiger partial charge in [-0.25, -0.2) is 13.2 Å². The maximum Gasteiger partial charge on any atom is 1.00 e. The Kier molecular flexibility index (Phi) is 15.2. The minimum Gasteiger partial charge on any atom is -0.891 e. The molecule has 0 saturated heterocycles. The molecule has 0 aliphatic heterocycles. The van der Waals surface area contributed by atoms with Crippen LogP contribution in [0.2, 0.25) is 19.6 Å². The van der Waals surface area contributed by atoms with Crippen LogP contribution in [0.5, 0.6) is 0 Å². The second kappa shape index (κ2) is 10.0. The molecule has 0 rings (SSSR count). The van der Waals surface area contributed by atoms with Crippen molar-refractivity contribution in [2.75, 3.05) is 6.51 Å². The van der Waals surface area contributed by atoms with Crippen LogP contribution in [-0.4, -0.2) is 33.6 Å². The van der Waals surface area contributed by atoms with Crippen molar-refractivity contribution < 1.29 is 131 Å². The Balaban J connectivity index is -0.000000845. The summed E-state index contributed by atoms with van der Waals surface area (Å²) in [6.45, 7) is 2.74. The van der Waals surface area contributed by atoms with Crippen molar-refractivity contribution in [2.45, 2.75) is 31.5 Å². The van der Waals surface area contributed by atoms with Gasteiger partial charge in [-0.05, 0) is 6.51 Å². The van der Waals surface area contributed by atoms with Crippen molar-refractivity contribution in [3.05, 3.63) is 0 Å². The molecule has 0 heterocycles. The predicted octanol–water partition coefficient (Wildman–Crippen LogP) is -6.43. The van der Waals surface area contributed by atoms with E-state index in [-0.39, 0.29) is 103 Å². The fourth-order valence-electron chi connectivity index (χ4n) is 0.608. The molecule has 0 saturated carbocycles. The van der Waals surface area contributed by atoms with E-state index in [9.17, 15) is 23.2 Å². The molecule has 1 unspecified atom stereocenters. The minimum absolute atomic E-state index is 0. The summed E-state index contributed by atoms with van der Waals surface area (Å²) < 4.78 is 43.0. The van der Waals surface area contributed by atoms with E-state index >= 15 is 0 Å². The first-order valence-corrected chi connectivity index (χ1v) is 7.54. The Morgan fingerprint density at radius 3 is 1.88 bits per heavy atom. The Hall–Kier alpha value is 3.22. The maximum absolute atomic E-state index is 13.1. The molecule has 3 nitrogen and oxygen atoms in total. The zero-order valence-corrected chi connectivity index (χ0v) is 17.5. The summed E-state index contributed by atoms with van der Waals surface area (Å²) >= 11 is 0. The van der Waals surface area contributed by atoms with E-state index in [0.29, 0.717) is 0 Å². The minimum atomic E-state index is -3.60. The van der Waals surface area contributed by atoms with E-state index in [1.807, 2.05) is 0 Å². The zero-order chi connectivity index (χ0) is 11.6. The van der Waals surface area contributed by atoms with Crippen LogP contribution in [0.15, 0.2) is 0 Å². The van der Waals surface area contributed by atoms with Crippen molar-refractivity contribution in [1.82, 2.24) is 0 Å². The van der Waals surface area contributed by atoms with Crippen LogP contribution in [0.3, 0.4) is 0 Å². The van der Waals surface area contributed by atoms with Gasteiger partial charge in [-0.2, -0.15) is 0 Å².